The van der Waals surface area contributed by atoms with Crippen LogP contribution in [0.15, 0.2) is 94.3 Å². The van der Waals surface area contributed by atoms with Crippen LogP contribution in [0.4, 0.5) is 0 Å². The average Bonchev–Trinajstić information content (AvgIpc) is 3.63. The Kier molecular flexibility index (Phi) is 7.49. The number of ether oxygens (including phenoxy) is 2. The molecule has 1 aliphatic rings. The van der Waals surface area contributed by atoms with Crippen molar-refractivity contribution in [2.75, 3.05) is 13.7 Å². The minimum absolute atomic E-state index is 0.0528. The van der Waals surface area contributed by atoms with Crippen LogP contribution in [0.2, 0.25) is 0 Å². The van der Waals surface area contributed by atoms with Crippen LogP contribution in [-0.2, 0) is 25.6 Å². The van der Waals surface area contributed by atoms with Crippen molar-refractivity contribution in [3.05, 3.63) is 102 Å². The Bertz CT molecular complexity index is 1580. The summed E-state index contributed by atoms with van der Waals surface area (Å²) in [6.45, 7) is 4.29. The van der Waals surface area contributed by atoms with Crippen molar-refractivity contribution in [1.82, 2.24) is 14.5 Å². The molecule has 198 valence electrons. The second-order valence-corrected chi connectivity index (χ2v) is 9.26. The molecule has 0 spiro atoms. The number of oxazole rings is 1. The molecule has 0 saturated carbocycles. The van der Waals surface area contributed by atoms with Gasteiger partial charge in [-0.3, -0.25) is 9.79 Å². The molecular weight excluding hydrogens is 496 g/mol. The molecular formula is C30H28N4O5. The van der Waals surface area contributed by atoms with Gasteiger partial charge in [-0.05, 0) is 37.1 Å². The van der Waals surface area contributed by atoms with Crippen molar-refractivity contribution in [3.8, 4) is 0 Å². The van der Waals surface area contributed by atoms with Crippen molar-refractivity contribution < 1.29 is 23.5 Å². The number of methoxy groups -OCH3 is 1. The second kappa shape index (κ2) is 11.3. The lowest BCUT2D eigenvalue weighted by Crippen LogP contribution is -2.36. The standard InChI is InChI=1S/C30H28N4O5/c1-19-25(29(35)37-3)27(23-7-4-8-24-28(23)39-18-32-24)26(20(2)33-19)30(36)38-15-5-6-21-9-11-22(12-10-21)16-34-14-13-31-17-34/h4-14,17-18,25,27H,15-16H2,1-3H3. The molecule has 0 bridgehead atoms. The molecule has 0 saturated heterocycles. The number of hydrogen-bond acceptors (Lipinski definition) is 8. The van der Waals surface area contributed by atoms with Gasteiger partial charge in [-0.25, -0.2) is 14.8 Å². The van der Waals surface area contributed by atoms with Crippen molar-refractivity contribution in [3.63, 3.8) is 0 Å². The second-order valence-electron chi connectivity index (χ2n) is 9.26. The van der Waals surface area contributed by atoms with E-state index in [0.29, 0.717) is 28.1 Å². The highest BCUT2D eigenvalue weighted by molar-refractivity contribution is 6.07. The van der Waals surface area contributed by atoms with Gasteiger partial charge >= 0.3 is 11.9 Å². The number of nitrogens with zero attached hydrogens (tertiary/aromatic N) is 4. The molecule has 0 fully saturated rings. The number of fused-ring (bicyclic) bond motifs is 1. The fraction of sp³-hybridized carbons (Fsp3) is 0.233. The van der Waals surface area contributed by atoms with E-state index in [-0.39, 0.29) is 12.2 Å². The van der Waals surface area contributed by atoms with Crippen molar-refractivity contribution >= 4 is 34.8 Å². The number of carbonyl (C=O) groups is 2. The Morgan fingerprint density at radius 2 is 1.95 bits per heavy atom. The molecule has 0 aliphatic carbocycles. The molecule has 9 heteroatoms. The molecule has 3 heterocycles. The van der Waals surface area contributed by atoms with E-state index in [2.05, 4.69) is 15.0 Å². The number of para-hydroxylation sites is 1. The lowest BCUT2D eigenvalue weighted by Gasteiger charge is -2.31. The number of rotatable bonds is 8. The molecule has 5 rings (SSSR count). The smallest absolute Gasteiger partial charge is 0.336 e. The number of aromatic nitrogens is 3. The fourth-order valence-electron chi connectivity index (χ4n) is 4.93. The summed E-state index contributed by atoms with van der Waals surface area (Å²) in [5.41, 5.74) is 5.23. The molecule has 1 aliphatic heterocycles. The summed E-state index contributed by atoms with van der Waals surface area (Å²) in [4.78, 5) is 39.2. The molecule has 2 unspecified atom stereocenters. The van der Waals surface area contributed by atoms with E-state index in [9.17, 15) is 9.59 Å². The fourth-order valence-corrected chi connectivity index (χ4v) is 4.93. The van der Waals surface area contributed by atoms with Gasteiger partial charge < -0.3 is 18.5 Å². The van der Waals surface area contributed by atoms with Crippen LogP contribution >= 0.6 is 0 Å². The van der Waals surface area contributed by atoms with E-state index >= 15 is 0 Å². The van der Waals surface area contributed by atoms with Crippen molar-refractivity contribution in [1.29, 1.82) is 0 Å². The van der Waals surface area contributed by atoms with Gasteiger partial charge in [0.1, 0.15) is 18.0 Å². The minimum Gasteiger partial charge on any atom is -0.468 e. The third-order valence-electron chi connectivity index (χ3n) is 6.75. The largest absolute Gasteiger partial charge is 0.468 e. The molecule has 2 aromatic carbocycles. The van der Waals surface area contributed by atoms with Gasteiger partial charge in [0.05, 0.1) is 19.0 Å². The molecule has 4 aromatic rings. The normalized spacial score (nSPS) is 17.5. The first-order valence-electron chi connectivity index (χ1n) is 12.5. The summed E-state index contributed by atoms with van der Waals surface area (Å²) in [7, 11) is 1.32. The van der Waals surface area contributed by atoms with Crippen LogP contribution in [0.3, 0.4) is 0 Å². The molecule has 0 N–H and O–H groups in total. The Morgan fingerprint density at radius 3 is 2.69 bits per heavy atom. The first-order chi connectivity index (χ1) is 19.0. The maximum atomic E-state index is 13.4. The number of benzene rings is 2. The summed E-state index contributed by atoms with van der Waals surface area (Å²) in [6, 6.07) is 13.5. The molecule has 9 nitrogen and oxygen atoms in total. The number of esters is 2. The van der Waals surface area contributed by atoms with E-state index in [0.717, 1.165) is 17.7 Å². The molecule has 39 heavy (non-hydrogen) atoms. The highest BCUT2D eigenvalue weighted by atomic mass is 16.5. The van der Waals surface area contributed by atoms with E-state index < -0.39 is 23.8 Å². The summed E-state index contributed by atoms with van der Waals surface area (Å²) in [5.74, 6) is -2.56. The predicted octanol–water partition coefficient (Wildman–Crippen LogP) is 4.95. The zero-order valence-corrected chi connectivity index (χ0v) is 21.9. The number of allylic oxidation sites excluding steroid dienone is 1. The molecule has 2 aromatic heterocycles. The van der Waals surface area contributed by atoms with Crippen LogP contribution in [0.1, 0.15) is 36.5 Å². The maximum absolute atomic E-state index is 13.4. The Balaban J connectivity index is 1.34. The van der Waals surface area contributed by atoms with E-state index in [1.165, 1.54) is 13.5 Å². The first kappa shape index (κ1) is 25.8. The Morgan fingerprint density at radius 1 is 1.13 bits per heavy atom. The number of aliphatic imine (C=N–C) groups is 1. The molecule has 0 amide bonds. The maximum Gasteiger partial charge on any atom is 0.336 e. The Labute approximate surface area is 225 Å². The first-order valence-corrected chi connectivity index (χ1v) is 12.5. The summed E-state index contributed by atoms with van der Waals surface area (Å²) < 4.78 is 18.4. The van der Waals surface area contributed by atoms with Gasteiger partial charge in [-0.15, -0.1) is 0 Å². The van der Waals surface area contributed by atoms with Gasteiger partial charge in [-0.1, -0.05) is 42.5 Å². The van der Waals surface area contributed by atoms with E-state index in [1.54, 1.807) is 32.4 Å². The quantitative estimate of drug-likeness (QED) is 0.300. The van der Waals surface area contributed by atoms with Crippen LogP contribution in [-0.4, -0.2) is 45.9 Å². The third kappa shape index (κ3) is 5.43. The summed E-state index contributed by atoms with van der Waals surface area (Å²) in [6.07, 6.45) is 10.5. The summed E-state index contributed by atoms with van der Waals surface area (Å²) >= 11 is 0. The monoisotopic (exact) mass is 524 g/mol. The van der Waals surface area contributed by atoms with Gasteiger partial charge in [0.25, 0.3) is 0 Å². The summed E-state index contributed by atoms with van der Waals surface area (Å²) in [5, 5.41) is 0. The van der Waals surface area contributed by atoms with Gasteiger partial charge in [-0.2, -0.15) is 0 Å². The van der Waals surface area contributed by atoms with Gasteiger partial charge in [0.2, 0.25) is 0 Å². The predicted molar refractivity (Wildman–Crippen MR) is 146 cm³/mol. The van der Waals surface area contributed by atoms with Crippen LogP contribution in [0, 0.1) is 5.92 Å². The van der Waals surface area contributed by atoms with Crippen LogP contribution < -0.4 is 0 Å². The van der Waals surface area contributed by atoms with Crippen LogP contribution in [0.5, 0.6) is 0 Å². The van der Waals surface area contributed by atoms with E-state index in [4.69, 9.17) is 13.9 Å². The van der Waals surface area contributed by atoms with Gasteiger partial charge in [0.15, 0.2) is 12.0 Å². The minimum atomic E-state index is -0.812. The number of imidazole rings is 1. The number of carbonyl (C=O) groups excluding carboxylic acids is 2. The van der Waals surface area contributed by atoms with E-state index in [1.807, 2.05) is 59.3 Å². The average molecular weight is 525 g/mol. The topological polar surface area (TPSA) is 109 Å². The molecule has 0 radical (unpaired) electrons. The van der Waals surface area contributed by atoms with Gasteiger partial charge in [0, 0.05) is 41.8 Å². The third-order valence-corrected chi connectivity index (χ3v) is 6.75. The lowest BCUT2D eigenvalue weighted by molar-refractivity contribution is -0.143. The number of hydrogen-bond donors (Lipinski definition) is 0. The highest BCUT2D eigenvalue weighted by Gasteiger charge is 2.43. The Hall–Kier alpha value is -4.79. The highest BCUT2D eigenvalue weighted by Crippen LogP contribution is 2.42. The lowest BCUT2D eigenvalue weighted by atomic mass is 9.75. The van der Waals surface area contributed by atoms with Crippen molar-refractivity contribution in [2.24, 2.45) is 10.9 Å². The zero-order valence-electron chi connectivity index (χ0n) is 21.9. The zero-order chi connectivity index (χ0) is 27.4. The van der Waals surface area contributed by atoms with Crippen LogP contribution in [0.25, 0.3) is 17.2 Å². The van der Waals surface area contributed by atoms with Crippen molar-refractivity contribution in [2.45, 2.75) is 26.3 Å². The molecule has 2 atom stereocenters. The SMILES string of the molecule is COC(=O)C1C(C)=NC(C)=C(C(=O)OCC=Cc2ccc(Cn3ccnc3)cc2)C1c1cccc2ncoc12.